The number of halogens is 1. The molecule has 2 aromatic carbocycles. The molecule has 3 aromatic rings. The molecule has 1 aromatic heterocycles. The first kappa shape index (κ1) is 20.4. The molecule has 2 amide bonds. The molecule has 0 bridgehead atoms. The fourth-order valence-electron chi connectivity index (χ4n) is 2.93. The van der Waals surface area contributed by atoms with Gasteiger partial charge in [-0.2, -0.15) is 5.10 Å². The van der Waals surface area contributed by atoms with E-state index >= 15 is 0 Å². The van der Waals surface area contributed by atoms with Crippen molar-refractivity contribution in [3.63, 3.8) is 0 Å². The smallest absolute Gasteiger partial charge is 0.257 e. The predicted octanol–water partition coefficient (Wildman–Crippen LogP) is 3.50. The molecule has 0 aliphatic rings. The molecule has 0 fully saturated rings. The zero-order chi connectivity index (χ0) is 21.0. The molecular formula is C21H21ClN4O3. The number of carbonyl (C=O) groups is 2. The predicted molar refractivity (Wildman–Crippen MR) is 111 cm³/mol. The number of carbonyl (C=O) groups excluding carboxylic acids is 2. The SMILES string of the molecule is COc1ccc(NC(=O)[C@H](NC(=O)c2c(C)nn(C)c2Cl)c2ccccc2)cc1. The summed E-state index contributed by atoms with van der Waals surface area (Å²) in [4.78, 5) is 25.9. The van der Waals surface area contributed by atoms with Crippen molar-refractivity contribution in [3.8, 4) is 5.75 Å². The minimum atomic E-state index is -0.915. The maximum Gasteiger partial charge on any atom is 0.257 e. The summed E-state index contributed by atoms with van der Waals surface area (Å²) in [6.07, 6.45) is 0. The van der Waals surface area contributed by atoms with Crippen LogP contribution in [-0.4, -0.2) is 28.7 Å². The average molecular weight is 413 g/mol. The lowest BCUT2D eigenvalue weighted by molar-refractivity contribution is -0.118. The molecule has 1 heterocycles. The molecule has 7 nitrogen and oxygen atoms in total. The summed E-state index contributed by atoms with van der Waals surface area (Å²) in [5.74, 6) is -0.177. The Kier molecular flexibility index (Phi) is 6.19. The summed E-state index contributed by atoms with van der Waals surface area (Å²) in [5.41, 5.74) is 1.95. The molecule has 0 spiro atoms. The number of amides is 2. The number of anilines is 1. The van der Waals surface area contributed by atoms with Gasteiger partial charge in [-0.3, -0.25) is 14.3 Å². The normalized spacial score (nSPS) is 11.6. The second-order valence-electron chi connectivity index (χ2n) is 6.41. The zero-order valence-corrected chi connectivity index (χ0v) is 17.0. The van der Waals surface area contributed by atoms with Crippen molar-refractivity contribution in [1.82, 2.24) is 15.1 Å². The summed E-state index contributed by atoms with van der Waals surface area (Å²) in [6.45, 7) is 1.69. The lowest BCUT2D eigenvalue weighted by Gasteiger charge is -2.19. The Bertz CT molecular complexity index is 1020. The summed E-state index contributed by atoms with van der Waals surface area (Å²) < 4.78 is 6.54. The third kappa shape index (κ3) is 4.57. The number of ether oxygens (including phenoxy) is 1. The Hall–Kier alpha value is -3.32. The van der Waals surface area contributed by atoms with E-state index in [9.17, 15) is 9.59 Å². The highest BCUT2D eigenvalue weighted by molar-refractivity contribution is 6.33. The highest BCUT2D eigenvalue weighted by atomic mass is 35.5. The van der Waals surface area contributed by atoms with Gasteiger partial charge in [-0.15, -0.1) is 0 Å². The van der Waals surface area contributed by atoms with Crippen LogP contribution >= 0.6 is 11.6 Å². The number of hydrogen-bond donors (Lipinski definition) is 2. The molecule has 0 radical (unpaired) electrons. The van der Waals surface area contributed by atoms with Crippen LogP contribution < -0.4 is 15.4 Å². The van der Waals surface area contributed by atoms with Gasteiger partial charge >= 0.3 is 0 Å². The second kappa shape index (κ2) is 8.79. The van der Waals surface area contributed by atoms with E-state index in [0.29, 0.717) is 22.7 Å². The number of aromatic nitrogens is 2. The second-order valence-corrected chi connectivity index (χ2v) is 6.77. The van der Waals surface area contributed by atoms with Gasteiger partial charge in [0.1, 0.15) is 16.9 Å². The quantitative estimate of drug-likeness (QED) is 0.648. The number of nitrogens with one attached hydrogen (secondary N) is 2. The lowest BCUT2D eigenvalue weighted by Crippen LogP contribution is -2.37. The number of methoxy groups -OCH3 is 1. The molecule has 0 aliphatic carbocycles. The first-order valence-corrected chi connectivity index (χ1v) is 9.28. The van der Waals surface area contributed by atoms with Crippen LogP contribution in [0, 0.1) is 6.92 Å². The van der Waals surface area contributed by atoms with Gasteiger partial charge in [-0.1, -0.05) is 41.9 Å². The number of hydrogen-bond acceptors (Lipinski definition) is 4. The van der Waals surface area contributed by atoms with Crippen molar-refractivity contribution in [2.24, 2.45) is 7.05 Å². The molecule has 1 atom stereocenters. The molecule has 8 heteroatoms. The van der Waals surface area contributed by atoms with Crippen molar-refractivity contribution in [2.45, 2.75) is 13.0 Å². The largest absolute Gasteiger partial charge is 0.497 e. The van der Waals surface area contributed by atoms with Crippen LogP contribution in [-0.2, 0) is 11.8 Å². The van der Waals surface area contributed by atoms with E-state index in [1.807, 2.05) is 6.07 Å². The number of aryl methyl sites for hydroxylation is 2. The van der Waals surface area contributed by atoms with E-state index in [1.165, 1.54) is 4.68 Å². The van der Waals surface area contributed by atoms with E-state index in [0.717, 1.165) is 0 Å². The topological polar surface area (TPSA) is 85.2 Å². The fourth-order valence-corrected chi connectivity index (χ4v) is 3.19. The maximum absolute atomic E-state index is 13.0. The van der Waals surface area contributed by atoms with Crippen LogP contribution in [0.3, 0.4) is 0 Å². The van der Waals surface area contributed by atoms with Crippen molar-refractivity contribution in [1.29, 1.82) is 0 Å². The molecule has 3 rings (SSSR count). The average Bonchev–Trinajstić information content (AvgIpc) is 2.98. The number of rotatable bonds is 6. The number of benzene rings is 2. The Morgan fingerprint density at radius 1 is 1.10 bits per heavy atom. The van der Waals surface area contributed by atoms with E-state index in [1.54, 1.807) is 69.6 Å². The summed E-state index contributed by atoms with van der Waals surface area (Å²) >= 11 is 6.20. The maximum atomic E-state index is 13.0. The monoisotopic (exact) mass is 412 g/mol. The highest BCUT2D eigenvalue weighted by Crippen LogP contribution is 2.22. The van der Waals surface area contributed by atoms with E-state index < -0.39 is 11.9 Å². The Morgan fingerprint density at radius 3 is 2.31 bits per heavy atom. The van der Waals surface area contributed by atoms with E-state index in [2.05, 4.69) is 15.7 Å². The van der Waals surface area contributed by atoms with Gasteiger partial charge in [0, 0.05) is 12.7 Å². The van der Waals surface area contributed by atoms with E-state index in [-0.39, 0.29) is 16.6 Å². The zero-order valence-electron chi connectivity index (χ0n) is 16.3. The standard InChI is InChI=1S/C21H21ClN4O3/c1-13-17(19(22)26(2)25-13)20(27)24-18(14-7-5-4-6-8-14)21(28)23-15-9-11-16(29-3)12-10-15/h4-12,18H,1-3H3,(H,23,28)(H,24,27)/t18-/m1/s1. The van der Waals surface area contributed by atoms with Gasteiger partial charge < -0.3 is 15.4 Å². The first-order valence-electron chi connectivity index (χ1n) is 8.90. The molecule has 0 unspecified atom stereocenters. The Morgan fingerprint density at radius 2 is 1.76 bits per heavy atom. The summed E-state index contributed by atoms with van der Waals surface area (Å²) in [7, 11) is 3.22. The Labute approximate surface area is 173 Å². The third-order valence-electron chi connectivity index (χ3n) is 4.41. The summed E-state index contributed by atoms with van der Waals surface area (Å²) in [6, 6.07) is 15.0. The van der Waals surface area contributed by atoms with Crippen molar-refractivity contribution in [2.75, 3.05) is 12.4 Å². The van der Waals surface area contributed by atoms with E-state index in [4.69, 9.17) is 16.3 Å². The van der Waals surface area contributed by atoms with Crippen LogP contribution in [0.5, 0.6) is 5.75 Å². The van der Waals surface area contributed by atoms with Gasteiger partial charge in [0.15, 0.2) is 0 Å². The fraction of sp³-hybridized carbons (Fsp3) is 0.190. The van der Waals surface area contributed by atoms with Crippen molar-refractivity contribution in [3.05, 3.63) is 76.6 Å². The van der Waals surface area contributed by atoms with Crippen LogP contribution in [0.2, 0.25) is 5.15 Å². The molecule has 0 saturated carbocycles. The van der Waals surface area contributed by atoms with Crippen molar-refractivity contribution < 1.29 is 14.3 Å². The summed E-state index contributed by atoms with van der Waals surface area (Å²) in [5, 5.41) is 9.96. The van der Waals surface area contributed by atoms with Crippen molar-refractivity contribution >= 4 is 29.1 Å². The highest BCUT2D eigenvalue weighted by Gasteiger charge is 2.27. The number of nitrogens with zero attached hydrogens (tertiary/aromatic N) is 2. The van der Waals surface area contributed by atoms with Crippen LogP contribution in [0.25, 0.3) is 0 Å². The molecule has 0 saturated heterocycles. The van der Waals surface area contributed by atoms with Crippen LogP contribution in [0.15, 0.2) is 54.6 Å². The van der Waals surface area contributed by atoms with Gasteiger partial charge in [0.2, 0.25) is 0 Å². The molecular weight excluding hydrogens is 392 g/mol. The van der Waals surface area contributed by atoms with Gasteiger partial charge in [-0.25, -0.2) is 0 Å². The third-order valence-corrected chi connectivity index (χ3v) is 4.84. The minimum absolute atomic E-state index is 0.211. The molecule has 2 N–H and O–H groups in total. The van der Waals surface area contributed by atoms with Gasteiger partial charge in [0.05, 0.1) is 18.4 Å². The van der Waals surface area contributed by atoms with Crippen LogP contribution in [0.1, 0.15) is 27.7 Å². The minimum Gasteiger partial charge on any atom is -0.497 e. The van der Waals surface area contributed by atoms with Gasteiger partial charge in [0.25, 0.3) is 11.8 Å². The Balaban J connectivity index is 1.86. The van der Waals surface area contributed by atoms with Crippen LogP contribution in [0.4, 0.5) is 5.69 Å². The molecule has 150 valence electrons. The van der Waals surface area contributed by atoms with Gasteiger partial charge in [-0.05, 0) is 36.8 Å². The first-order chi connectivity index (χ1) is 13.9. The molecule has 0 aliphatic heterocycles. The molecule has 29 heavy (non-hydrogen) atoms. The lowest BCUT2D eigenvalue weighted by atomic mass is 10.1.